The number of ether oxygens (including phenoxy) is 1. The van der Waals surface area contributed by atoms with Crippen LogP contribution in [-0.4, -0.2) is 34.9 Å². The van der Waals surface area contributed by atoms with Gasteiger partial charge in [-0.1, -0.05) is 36.4 Å². The lowest BCUT2D eigenvalue weighted by molar-refractivity contribution is -0.116. The van der Waals surface area contributed by atoms with E-state index in [1.807, 2.05) is 68.6 Å². The van der Waals surface area contributed by atoms with E-state index in [1.165, 1.54) is 0 Å². The largest absolute Gasteiger partial charge is 0.447 e. The lowest BCUT2D eigenvalue weighted by Gasteiger charge is -2.18. The second kappa shape index (κ2) is 7.79. The predicted octanol–water partition coefficient (Wildman–Crippen LogP) is 3.76. The second-order valence-corrected chi connectivity index (χ2v) is 6.96. The second-order valence-electron chi connectivity index (χ2n) is 6.96. The first kappa shape index (κ1) is 18.7. The quantitative estimate of drug-likeness (QED) is 0.720. The van der Waals surface area contributed by atoms with Crippen LogP contribution in [0, 0.1) is 13.8 Å². The van der Waals surface area contributed by atoms with Gasteiger partial charge in [-0.3, -0.25) is 14.4 Å². The molecule has 0 saturated carbocycles. The molecule has 3 aromatic rings. The predicted molar refractivity (Wildman–Crippen MR) is 111 cm³/mol. The van der Waals surface area contributed by atoms with E-state index in [2.05, 4.69) is 10.4 Å². The van der Waals surface area contributed by atoms with Crippen molar-refractivity contribution in [3.05, 3.63) is 66.0 Å². The van der Waals surface area contributed by atoms with E-state index in [4.69, 9.17) is 4.74 Å². The zero-order chi connectivity index (χ0) is 20.4. The van der Waals surface area contributed by atoms with Gasteiger partial charge in [0, 0.05) is 17.4 Å². The van der Waals surface area contributed by atoms with Crippen molar-refractivity contribution in [2.45, 2.75) is 20.4 Å². The average Bonchev–Trinajstić information content (AvgIpc) is 3.29. The minimum Gasteiger partial charge on any atom is -0.447 e. The summed E-state index contributed by atoms with van der Waals surface area (Å²) in [5, 5.41) is 7.40. The zero-order valence-electron chi connectivity index (χ0n) is 16.4. The standard InChI is InChI=1S/C22H22N4O3/c1-15-19(9-6-10-20(15)26-11-12-29-22(26)28)23-21(27)14-25-13-18(16(2)24-25)17-7-4-3-5-8-17/h3-10,13H,11-12,14H2,1-2H3,(H,23,27). The van der Waals surface area contributed by atoms with E-state index in [0.717, 1.165) is 28.1 Å². The number of carbonyl (C=O) groups excluding carboxylic acids is 2. The molecule has 0 aliphatic carbocycles. The van der Waals surface area contributed by atoms with Crippen molar-refractivity contribution >= 4 is 23.4 Å². The van der Waals surface area contributed by atoms with E-state index >= 15 is 0 Å². The summed E-state index contributed by atoms with van der Waals surface area (Å²) in [4.78, 5) is 26.0. The van der Waals surface area contributed by atoms with Crippen LogP contribution in [0.4, 0.5) is 16.2 Å². The molecule has 148 valence electrons. The average molecular weight is 390 g/mol. The number of benzene rings is 2. The van der Waals surface area contributed by atoms with Crippen LogP contribution in [0.2, 0.25) is 0 Å². The fraction of sp³-hybridized carbons (Fsp3) is 0.227. The number of anilines is 2. The third-order valence-electron chi connectivity index (χ3n) is 4.97. The van der Waals surface area contributed by atoms with Crippen LogP contribution in [0.3, 0.4) is 0 Å². The van der Waals surface area contributed by atoms with Crippen molar-refractivity contribution < 1.29 is 14.3 Å². The summed E-state index contributed by atoms with van der Waals surface area (Å²) in [5.74, 6) is -0.184. The molecule has 1 aromatic heterocycles. The van der Waals surface area contributed by atoms with Crippen molar-refractivity contribution in [3.8, 4) is 11.1 Å². The van der Waals surface area contributed by atoms with E-state index in [-0.39, 0.29) is 18.5 Å². The Morgan fingerprint density at radius 2 is 1.93 bits per heavy atom. The Bertz CT molecular complexity index is 1060. The third-order valence-corrected chi connectivity index (χ3v) is 4.97. The number of aromatic nitrogens is 2. The van der Waals surface area contributed by atoms with Crippen LogP contribution in [-0.2, 0) is 16.1 Å². The number of nitrogens with one attached hydrogen (secondary N) is 1. The maximum Gasteiger partial charge on any atom is 0.414 e. The van der Waals surface area contributed by atoms with Gasteiger partial charge in [-0.2, -0.15) is 5.10 Å². The van der Waals surface area contributed by atoms with Gasteiger partial charge in [-0.25, -0.2) is 4.79 Å². The zero-order valence-corrected chi connectivity index (χ0v) is 16.4. The molecule has 1 saturated heterocycles. The van der Waals surface area contributed by atoms with Gasteiger partial charge in [0.1, 0.15) is 13.2 Å². The summed E-state index contributed by atoms with van der Waals surface area (Å²) >= 11 is 0. The third kappa shape index (κ3) is 3.85. The Balaban J connectivity index is 1.49. The van der Waals surface area contributed by atoms with Crippen molar-refractivity contribution in [2.24, 2.45) is 0 Å². The fourth-order valence-corrected chi connectivity index (χ4v) is 3.50. The van der Waals surface area contributed by atoms with Gasteiger partial charge in [-0.05, 0) is 37.1 Å². The molecule has 7 heteroatoms. The summed E-state index contributed by atoms with van der Waals surface area (Å²) in [5.41, 5.74) is 5.17. The van der Waals surface area contributed by atoms with E-state index in [1.54, 1.807) is 9.58 Å². The molecule has 0 bridgehead atoms. The van der Waals surface area contributed by atoms with Gasteiger partial charge in [0.25, 0.3) is 0 Å². The molecule has 1 aliphatic heterocycles. The van der Waals surface area contributed by atoms with Crippen LogP contribution in [0.1, 0.15) is 11.3 Å². The molecule has 7 nitrogen and oxygen atoms in total. The number of nitrogens with zero attached hydrogens (tertiary/aromatic N) is 3. The Kier molecular flexibility index (Phi) is 5.03. The number of aryl methyl sites for hydroxylation is 1. The van der Waals surface area contributed by atoms with Crippen LogP contribution in [0.15, 0.2) is 54.7 Å². The summed E-state index contributed by atoms with van der Waals surface area (Å²) in [6.07, 6.45) is 1.52. The Morgan fingerprint density at radius 1 is 1.14 bits per heavy atom. The summed E-state index contributed by atoms with van der Waals surface area (Å²) in [7, 11) is 0. The topological polar surface area (TPSA) is 76.5 Å². The van der Waals surface area contributed by atoms with Crippen molar-refractivity contribution in [3.63, 3.8) is 0 Å². The molecule has 2 aromatic carbocycles. The summed E-state index contributed by atoms with van der Waals surface area (Å²) in [6.45, 7) is 4.79. The maximum absolute atomic E-state index is 12.6. The van der Waals surface area contributed by atoms with Crippen LogP contribution < -0.4 is 10.2 Å². The van der Waals surface area contributed by atoms with E-state index < -0.39 is 0 Å². The van der Waals surface area contributed by atoms with Crippen LogP contribution in [0.5, 0.6) is 0 Å². The molecular weight excluding hydrogens is 368 g/mol. The molecule has 1 fully saturated rings. The number of hydrogen-bond donors (Lipinski definition) is 1. The van der Waals surface area contributed by atoms with E-state index in [0.29, 0.717) is 18.8 Å². The number of amides is 2. The number of rotatable bonds is 5. The lowest BCUT2D eigenvalue weighted by Crippen LogP contribution is -2.25. The number of carbonyl (C=O) groups is 2. The maximum atomic E-state index is 12.6. The molecule has 2 heterocycles. The van der Waals surface area contributed by atoms with Crippen LogP contribution in [0.25, 0.3) is 11.1 Å². The molecule has 4 rings (SSSR count). The monoisotopic (exact) mass is 390 g/mol. The number of cyclic esters (lactones) is 1. The minimum atomic E-state index is -0.364. The molecule has 1 N–H and O–H groups in total. The highest BCUT2D eigenvalue weighted by Gasteiger charge is 2.25. The normalized spacial score (nSPS) is 13.4. The Hall–Kier alpha value is -3.61. The van der Waals surface area contributed by atoms with Crippen LogP contribution >= 0.6 is 0 Å². The van der Waals surface area contributed by atoms with Crippen molar-refractivity contribution in [2.75, 3.05) is 23.4 Å². The summed E-state index contributed by atoms with van der Waals surface area (Å²) in [6, 6.07) is 15.4. The minimum absolute atomic E-state index is 0.100. The van der Waals surface area contributed by atoms with Crippen molar-refractivity contribution in [1.29, 1.82) is 0 Å². The highest BCUT2D eigenvalue weighted by Crippen LogP contribution is 2.29. The summed E-state index contributed by atoms with van der Waals surface area (Å²) < 4.78 is 6.66. The van der Waals surface area contributed by atoms with Gasteiger partial charge in [0.15, 0.2) is 0 Å². The van der Waals surface area contributed by atoms with Gasteiger partial charge in [0.05, 0.1) is 17.9 Å². The van der Waals surface area contributed by atoms with Gasteiger partial charge in [-0.15, -0.1) is 0 Å². The lowest BCUT2D eigenvalue weighted by atomic mass is 10.1. The SMILES string of the molecule is Cc1nn(CC(=O)Nc2cccc(N3CCOC3=O)c2C)cc1-c1ccccc1. The molecule has 0 atom stereocenters. The van der Waals surface area contributed by atoms with Gasteiger partial charge in [0.2, 0.25) is 5.91 Å². The molecule has 0 spiro atoms. The van der Waals surface area contributed by atoms with Crippen molar-refractivity contribution in [1.82, 2.24) is 9.78 Å². The Morgan fingerprint density at radius 3 is 2.66 bits per heavy atom. The first-order valence-corrected chi connectivity index (χ1v) is 9.46. The highest BCUT2D eigenvalue weighted by molar-refractivity contribution is 5.95. The fourth-order valence-electron chi connectivity index (χ4n) is 3.50. The van der Waals surface area contributed by atoms with Gasteiger partial charge >= 0.3 is 6.09 Å². The first-order valence-electron chi connectivity index (χ1n) is 9.46. The highest BCUT2D eigenvalue weighted by atomic mass is 16.6. The molecule has 29 heavy (non-hydrogen) atoms. The number of hydrogen-bond acceptors (Lipinski definition) is 4. The molecular formula is C22H22N4O3. The smallest absolute Gasteiger partial charge is 0.414 e. The Labute approximate surface area is 168 Å². The van der Waals surface area contributed by atoms with Gasteiger partial charge < -0.3 is 10.1 Å². The molecule has 1 aliphatic rings. The first-order chi connectivity index (χ1) is 14.0. The molecule has 0 radical (unpaired) electrons. The molecule has 2 amide bonds. The molecule has 0 unspecified atom stereocenters. The van der Waals surface area contributed by atoms with E-state index in [9.17, 15) is 9.59 Å².